The summed E-state index contributed by atoms with van der Waals surface area (Å²) in [4.78, 5) is 0.305. The summed E-state index contributed by atoms with van der Waals surface area (Å²) in [7, 11) is 0.0481. The molecule has 0 bridgehead atoms. The summed E-state index contributed by atoms with van der Waals surface area (Å²) in [6, 6.07) is 6.74. The van der Waals surface area contributed by atoms with E-state index in [1.165, 1.54) is 0 Å². The molecule has 0 heterocycles. The number of rotatable bonds is 8. The molecule has 0 atom stereocenters. The summed E-state index contributed by atoms with van der Waals surface area (Å²) < 4.78 is 32.2. The number of sulfonamides is 1. The van der Waals surface area contributed by atoms with Crippen molar-refractivity contribution in [3.05, 3.63) is 24.3 Å². The molecule has 1 aromatic carbocycles. The number of hydrogen-bond acceptors (Lipinski definition) is 4. The Morgan fingerprint density at radius 3 is 2.40 bits per heavy atom. The van der Waals surface area contributed by atoms with Crippen molar-refractivity contribution in [2.24, 2.45) is 5.41 Å². The molecule has 0 saturated heterocycles. The lowest BCUT2D eigenvalue weighted by Crippen LogP contribution is -2.30. The number of anilines is 1. The van der Waals surface area contributed by atoms with E-state index in [0.717, 1.165) is 24.9 Å². The predicted octanol–water partition coefficient (Wildman–Crippen LogP) is 1.82. The summed E-state index contributed by atoms with van der Waals surface area (Å²) in [5.41, 5.74) is 0.997. The molecule has 1 aliphatic carbocycles. The first-order valence-electron chi connectivity index (χ1n) is 6.78. The normalized spacial score (nSPS) is 16.9. The van der Waals surface area contributed by atoms with Crippen LogP contribution < -0.4 is 10.0 Å². The summed E-state index contributed by atoms with van der Waals surface area (Å²) in [5, 5.41) is 2.97. The molecule has 2 rings (SSSR count). The molecule has 1 aromatic rings. The van der Waals surface area contributed by atoms with Crippen molar-refractivity contribution in [2.75, 3.05) is 32.6 Å². The van der Waals surface area contributed by atoms with E-state index in [1.54, 1.807) is 38.4 Å². The van der Waals surface area contributed by atoms with Gasteiger partial charge in [-0.15, -0.1) is 0 Å². The van der Waals surface area contributed by atoms with Gasteiger partial charge in [-0.1, -0.05) is 0 Å². The molecule has 0 aromatic heterocycles. The van der Waals surface area contributed by atoms with Gasteiger partial charge in [0.15, 0.2) is 0 Å². The first-order valence-corrected chi connectivity index (χ1v) is 8.26. The maximum atomic E-state index is 12.2. The van der Waals surface area contributed by atoms with Crippen molar-refractivity contribution < 1.29 is 13.2 Å². The monoisotopic (exact) mass is 298 g/mol. The molecular weight excluding hydrogens is 276 g/mol. The summed E-state index contributed by atoms with van der Waals surface area (Å²) in [6.07, 6.45) is 3.04. The zero-order valence-electron chi connectivity index (χ0n) is 12.0. The summed E-state index contributed by atoms with van der Waals surface area (Å²) in [5.74, 6) is 0. The maximum Gasteiger partial charge on any atom is 0.240 e. The van der Waals surface area contributed by atoms with Gasteiger partial charge in [-0.05, 0) is 48.9 Å². The molecular formula is C14H22N2O3S. The Balaban J connectivity index is 1.97. The molecule has 2 N–H and O–H groups in total. The highest BCUT2D eigenvalue weighted by Gasteiger charge is 2.42. The molecule has 0 amide bonds. The van der Waals surface area contributed by atoms with E-state index in [0.29, 0.717) is 18.0 Å². The zero-order valence-corrected chi connectivity index (χ0v) is 12.8. The average molecular weight is 298 g/mol. The van der Waals surface area contributed by atoms with Gasteiger partial charge >= 0.3 is 0 Å². The number of nitrogens with one attached hydrogen (secondary N) is 2. The van der Waals surface area contributed by atoms with Crippen molar-refractivity contribution in [3.63, 3.8) is 0 Å². The van der Waals surface area contributed by atoms with Crippen LogP contribution in [-0.2, 0) is 14.8 Å². The first-order chi connectivity index (χ1) is 9.51. The molecule has 6 heteroatoms. The van der Waals surface area contributed by atoms with Gasteiger partial charge in [-0.2, -0.15) is 0 Å². The number of benzene rings is 1. The van der Waals surface area contributed by atoms with Crippen molar-refractivity contribution in [2.45, 2.75) is 24.2 Å². The smallest absolute Gasteiger partial charge is 0.240 e. The van der Waals surface area contributed by atoms with Gasteiger partial charge in [0.2, 0.25) is 10.0 Å². The molecule has 0 aliphatic heterocycles. The highest BCUT2D eigenvalue weighted by molar-refractivity contribution is 7.89. The third-order valence-corrected chi connectivity index (χ3v) is 5.30. The molecule has 112 valence electrons. The standard InChI is InChI=1S/C14H22N2O3S/c1-15-12-3-5-13(6-4-12)20(17,18)16-11-14(7-8-14)9-10-19-2/h3-6,15-16H,7-11H2,1-2H3. The van der Waals surface area contributed by atoms with Crippen LogP contribution >= 0.6 is 0 Å². The Hall–Kier alpha value is -1.11. The van der Waals surface area contributed by atoms with Crippen LogP contribution in [-0.4, -0.2) is 35.7 Å². The van der Waals surface area contributed by atoms with E-state index in [1.807, 2.05) is 0 Å². The molecule has 1 fully saturated rings. The topological polar surface area (TPSA) is 67.4 Å². The van der Waals surface area contributed by atoms with Crippen molar-refractivity contribution >= 4 is 15.7 Å². The van der Waals surface area contributed by atoms with Crippen LogP contribution in [0.4, 0.5) is 5.69 Å². The number of hydrogen-bond donors (Lipinski definition) is 2. The summed E-state index contributed by atoms with van der Waals surface area (Å²) in [6.45, 7) is 1.17. The van der Waals surface area contributed by atoms with Gasteiger partial charge < -0.3 is 10.1 Å². The van der Waals surface area contributed by atoms with Crippen LogP contribution in [0.15, 0.2) is 29.2 Å². The van der Waals surface area contributed by atoms with Crippen molar-refractivity contribution in [3.8, 4) is 0 Å². The van der Waals surface area contributed by atoms with Crippen LogP contribution in [0.25, 0.3) is 0 Å². The molecule has 5 nitrogen and oxygen atoms in total. The van der Waals surface area contributed by atoms with Crippen LogP contribution in [0, 0.1) is 5.41 Å². The van der Waals surface area contributed by atoms with Crippen LogP contribution in [0.5, 0.6) is 0 Å². The fourth-order valence-electron chi connectivity index (χ4n) is 2.14. The minimum atomic E-state index is -3.42. The van der Waals surface area contributed by atoms with Gasteiger partial charge in [0.05, 0.1) is 4.90 Å². The van der Waals surface area contributed by atoms with Gasteiger partial charge in [0.25, 0.3) is 0 Å². The van der Waals surface area contributed by atoms with E-state index in [4.69, 9.17) is 4.74 Å². The van der Waals surface area contributed by atoms with Crippen LogP contribution in [0.3, 0.4) is 0 Å². The Labute approximate surface area is 120 Å². The van der Waals surface area contributed by atoms with Crippen LogP contribution in [0.1, 0.15) is 19.3 Å². The second-order valence-corrected chi connectivity index (χ2v) is 7.11. The fourth-order valence-corrected chi connectivity index (χ4v) is 3.30. The van der Waals surface area contributed by atoms with E-state index in [2.05, 4.69) is 10.0 Å². The van der Waals surface area contributed by atoms with Gasteiger partial charge in [-0.3, -0.25) is 0 Å². The maximum absolute atomic E-state index is 12.2. The Morgan fingerprint density at radius 2 is 1.90 bits per heavy atom. The Kier molecular flexibility index (Phi) is 4.67. The third kappa shape index (κ3) is 3.71. The van der Waals surface area contributed by atoms with Gasteiger partial charge in [-0.25, -0.2) is 13.1 Å². The largest absolute Gasteiger partial charge is 0.388 e. The molecule has 20 heavy (non-hydrogen) atoms. The van der Waals surface area contributed by atoms with Crippen LogP contribution in [0.2, 0.25) is 0 Å². The number of ether oxygens (including phenoxy) is 1. The lowest BCUT2D eigenvalue weighted by atomic mass is 10.0. The minimum Gasteiger partial charge on any atom is -0.388 e. The first kappa shape index (κ1) is 15.3. The molecule has 1 saturated carbocycles. The Bertz CT molecular complexity index is 536. The fraction of sp³-hybridized carbons (Fsp3) is 0.571. The molecule has 1 aliphatic rings. The highest BCUT2D eigenvalue weighted by atomic mass is 32.2. The van der Waals surface area contributed by atoms with E-state index >= 15 is 0 Å². The SMILES string of the molecule is CNc1ccc(S(=O)(=O)NCC2(CCOC)CC2)cc1. The minimum absolute atomic E-state index is 0.105. The quantitative estimate of drug-likeness (QED) is 0.768. The zero-order chi connectivity index (χ0) is 14.6. The average Bonchev–Trinajstić information content (AvgIpc) is 3.24. The molecule has 0 radical (unpaired) electrons. The Morgan fingerprint density at radius 1 is 1.25 bits per heavy atom. The van der Waals surface area contributed by atoms with E-state index < -0.39 is 10.0 Å². The predicted molar refractivity (Wildman–Crippen MR) is 79.3 cm³/mol. The number of methoxy groups -OCH3 is 1. The van der Waals surface area contributed by atoms with E-state index in [-0.39, 0.29) is 5.41 Å². The molecule has 0 unspecified atom stereocenters. The molecule has 0 spiro atoms. The highest BCUT2D eigenvalue weighted by Crippen LogP contribution is 2.48. The van der Waals surface area contributed by atoms with Crippen molar-refractivity contribution in [1.82, 2.24) is 4.72 Å². The van der Waals surface area contributed by atoms with Crippen molar-refractivity contribution in [1.29, 1.82) is 0 Å². The van der Waals surface area contributed by atoms with E-state index in [9.17, 15) is 8.42 Å². The second-order valence-electron chi connectivity index (χ2n) is 5.34. The lowest BCUT2D eigenvalue weighted by molar-refractivity contribution is 0.173. The lowest BCUT2D eigenvalue weighted by Gasteiger charge is -2.15. The van der Waals surface area contributed by atoms with Gasteiger partial charge in [0.1, 0.15) is 0 Å². The summed E-state index contributed by atoms with van der Waals surface area (Å²) >= 11 is 0. The second kappa shape index (κ2) is 6.11. The third-order valence-electron chi connectivity index (χ3n) is 3.88. The van der Waals surface area contributed by atoms with Gasteiger partial charge in [0, 0.05) is 33.0 Å².